The van der Waals surface area contributed by atoms with Gasteiger partial charge in [0.15, 0.2) is 0 Å². The van der Waals surface area contributed by atoms with Crippen LogP contribution in [0.25, 0.3) is 0 Å². The molecule has 2 fully saturated rings. The molecule has 1 aliphatic heterocycles. The molecule has 1 aliphatic carbocycles. The van der Waals surface area contributed by atoms with Crippen LogP contribution in [-0.2, 0) is 5.60 Å². The molecule has 2 atom stereocenters. The van der Waals surface area contributed by atoms with Gasteiger partial charge in [-0.05, 0) is 42.7 Å². The molecule has 92 valence electrons. The number of rotatable bonds is 3. The summed E-state index contributed by atoms with van der Waals surface area (Å²) < 4.78 is 5.72. The predicted octanol–water partition coefficient (Wildman–Crippen LogP) is 2.94. The van der Waals surface area contributed by atoms with Crippen molar-refractivity contribution in [2.75, 3.05) is 5.75 Å². The second kappa shape index (κ2) is 4.21. The zero-order valence-corrected chi connectivity index (χ0v) is 10.9. The molecule has 0 aromatic heterocycles. The van der Waals surface area contributed by atoms with E-state index in [1.807, 2.05) is 36.0 Å². The Bertz CT molecular complexity index is 399. The van der Waals surface area contributed by atoms with Crippen molar-refractivity contribution in [1.82, 2.24) is 0 Å². The molecule has 1 saturated heterocycles. The summed E-state index contributed by atoms with van der Waals surface area (Å²) in [5.41, 5.74) is 0.376. The molecule has 1 aromatic carbocycles. The lowest BCUT2D eigenvalue weighted by atomic mass is 9.88. The number of ether oxygens (including phenoxy) is 1. The predicted molar refractivity (Wildman–Crippen MR) is 70.5 cm³/mol. The van der Waals surface area contributed by atoms with Gasteiger partial charge < -0.3 is 9.84 Å². The van der Waals surface area contributed by atoms with Gasteiger partial charge in [-0.15, -0.1) is 0 Å². The average Bonchev–Trinajstić information content (AvgIpc) is 3.07. The van der Waals surface area contributed by atoms with Gasteiger partial charge in [0.25, 0.3) is 0 Å². The lowest BCUT2D eigenvalue weighted by molar-refractivity contribution is 0.0426. The Labute approximate surface area is 106 Å². The quantitative estimate of drug-likeness (QED) is 0.894. The maximum atomic E-state index is 10.7. The summed E-state index contributed by atoms with van der Waals surface area (Å²) in [6.07, 6.45) is 3.64. The fourth-order valence-corrected chi connectivity index (χ4v) is 3.62. The summed E-state index contributed by atoms with van der Waals surface area (Å²) in [6, 6.07) is 8.00. The van der Waals surface area contributed by atoms with Gasteiger partial charge in [-0.2, -0.15) is 11.8 Å². The van der Waals surface area contributed by atoms with Gasteiger partial charge in [0.1, 0.15) is 11.4 Å². The van der Waals surface area contributed by atoms with Crippen LogP contribution in [0.1, 0.15) is 31.7 Å². The summed E-state index contributed by atoms with van der Waals surface area (Å²) >= 11 is 1.84. The van der Waals surface area contributed by atoms with Crippen LogP contribution in [0.5, 0.6) is 5.75 Å². The molecule has 1 heterocycles. The minimum absolute atomic E-state index is 0.276. The standard InChI is InChI=1S/C14H18O2S/c1-10-14(15,8-9-17-10)11-2-4-12(5-3-11)16-13-6-7-13/h2-5,10,13,15H,6-9H2,1H3. The van der Waals surface area contributed by atoms with Gasteiger partial charge in [0, 0.05) is 5.25 Å². The van der Waals surface area contributed by atoms with Crippen LogP contribution >= 0.6 is 11.8 Å². The minimum Gasteiger partial charge on any atom is -0.490 e. The van der Waals surface area contributed by atoms with E-state index in [2.05, 4.69) is 6.92 Å². The Hall–Kier alpha value is -0.670. The molecule has 3 heteroatoms. The Morgan fingerprint density at radius 2 is 2.00 bits per heavy atom. The summed E-state index contributed by atoms with van der Waals surface area (Å²) in [6.45, 7) is 2.10. The van der Waals surface area contributed by atoms with Gasteiger partial charge in [0.2, 0.25) is 0 Å². The maximum absolute atomic E-state index is 10.7. The molecular formula is C14H18O2S. The molecule has 2 aliphatic rings. The monoisotopic (exact) mass is 250 g/mol. The smallest absolute Gasteiger partial charge is 0.119 e. The SMILES string of the molecule is CC1SCCC1(O)c1ccc(OC2CC2)cc1. The zero-order chi connectivity index (χ0) is 11.9. The van der Waals surface area contributed by atoms with E-state index in [4.69, 9.17) is 4.74 Å². The molecule has 2 nitrogen and oxygen atoms in total. The number of hydrogen-bond donors (Lipinski definition) is 1. The van der Waals surface area contributed by atoms with Crippen molar-refractivity contribution in [2.24, 2.45) is 0 Å². The van der Waals surface area contributed by atoms with E-state index < -0.39 is 5.60 Å². The van der Waals surface area contributed by atoms with Crippen LogP contribution < -0.4 is 4.74 Å². The van der Waals surface area contributed by atoms with E-state index in [0.29, 0.717) is 6.10 Å². The lowest BCUT2D eigenvalue weighted by Crippen LogP contribution is -2.31. The second-order valence-electron chi connectivity index (χ2n) is 5.03. The van der Waals surface area contributed by atoms with Crippen LogP contribution in [0.2, 0.25) is 0 Å². The molecule has 1 aromatic rings. The van der Waals surface area contributed by atoms with Crippen molar-refractivity contribution in [3.63, 3.8) is 0 Å². The highest BCUT2D eigenvalue weighted by atomic mass is 32.2. The third-order valence-electron chi connectivity index (χ3n) is 3.70. The van der Waals surface area contributed by atoms with E-state index in [-0.39, 0.29) is 5.25 Å². The topological polar surface area (TPSA) is 29.5 Å². The fraction of sp³-hybridized carbons (Fsp3) is 0.571. The maximum Gasteiger partial charge on any atom is 0.119 e. The number of benzene rings is 1. The Kier molecular flexibility index (Phi) is 2.83. The molecular weight excluding hydrogens is 232 g/mol. The largest absolute Gasteiger partial charge is 0.490 e. The Morgan fingerprint density at radius 1 is 1.29 bits per heavy atom. The number of aliphatic hydroxyl groups is 1. The summed E-state index contributed by atoms with van der Waals surface area (Å²) in [5.74, 6) is 1.97. The van der Waals surface area contributed by atoms with Crippen molar-refractivity contribution >= 4 is 11.8 Å². The first kappa shape index (κ1) is 11.4. The van der Waals surface area contributed by atoms with E-state index in [1.54, 1.807) is 0 Å². The first-order chi connectivity index (χ1) is 8.18. The first-order valence-electron chi connectivity index (χ1n) is 6.30. The first-order valence-corrected chi connectivity index (χ1v) is 7.34. The third-order valence-corrected chi connectivity index (χ3v) is 5.03. The average molecular weight is 250 g/mol. The highest BCUT2D eigenvalue weighted by Gasteiger charge is 2.40. The van der Waals surface area contributed by atoms with Crippen LogP contribution in [0.4, 0.5) is 0 Å². The third kappa shape index (κ3) is 2.18. The highest BCUT2D eigenvalue weighted by molar-refractivity contribution is 8.00. The summed E-state index contributed by atoms with van der Waals surface area (Å²) in [4.78, 5) is 0. The molecule has 0 bridgehead atoms. The van der Waals surface area contributed by atoms with Gasteiger partial charge in [-0.25, -0.2) is 0 Å². The van der Waals surface area contributed by atoms with Crippen LogP contribution in [0, 0.1) is 0 Å². The van der Waals surface area contributed by atoms with Gasteiger partial charge >= 0.3 is 0 Å². The van der Waals surface area contributed by atoms with Gasteiger partial charge in [-0.1, -0.05) is 19.1 Å². The van der Waals surface area contributed by atoms with Crippen molar-refractivity contribution < 1.29 is 9.84 Å². The molecule has 17 heavy (non-hydrogen) atoms. The molecule has 2 unspecified atom stereocenters. The van der Waals surface area contributed by atoms with Crippen LogP contribution in [0.3, 0.4) is 0 Å². The second-order valence-corrected chi connectivity index (χ2v) is 6.48. The molecule has 0 spiro atoms. The summed E-state index contributed by atoms with van der Waals surface area (Å²) in [7, 11) is 0. The molecule has 3 rings (SSSR count). The highest BCUT2D eigenvalue weighted by Crippen LogP contribution is 2.43. The van der Waals surface area contributed by atoms with Crippen LogP contribution in [0.15, 0.2) is 24.3 Å². The van der Waals surface area contributed by atoms with Crippen molar-refractivity contribution in [3.05, 3.63) is 29.8 Å². The zero-order valence-electron chi connectivity index (χ0n) is 10.1. The molecule has 0 amide bonds. The van der Waals surface area contributed by atoms with E-state index >= 15 is 0 Å². The Balaban J connectivity index is 1.78. The lowest BCUT2D eigenvalue weighted by Gasteiger charge is -2.27. The van der Waals surface area contributed by atoms with E-state index in [1.165, 1.54) is 12.8 Å². The Morgan fingerprint density at radius 3 is 2.53 bits per heavy atom. The normalized spacial score (nSPS) is 32.7. The van der Waals surface area contributed by atoms with Gasteiger partial charge in [0.05, 0.1) is 6.10 Å². The van der Waals surface area contributed by atoms with Crippen molar-refractivity contribution in [1.29, 1.82) is 0 Å². The minimum atomic E-state index is -0.650. The summed E-state index contributed by atoms with van der Waals surface area (Å²) in [5, 5.41) is 10.9. The van der Waals surface area contributed by atoms with Gasteiger partial charge in [-0.3, -0.25) is 0 Å². The number of thioether (sulfide) groups is 1. The molecule has 0 radical (unpaired) electrons. The fourth-order valence-electron chi connectivity index (χ4n) is 2.31. The van der Waals surface area contributed by atoms with Crippen molar-refractivity contribution in [3.8, 4) is 5.75 Å². The number of hydrogen-bond acceptors (Lipinski definition) is 3. The van der Waals surface area contributed by atoms with E-state index in [0.717, 1.165) is 23.5 Å². The molecule has 1 N–H and O–H groups in total. The van der Waals surface area contributed by atoms with E-state index in [9.17, 15) is 5.11 Å². The van der Waals surface area contributed by atoms with Crippen LogP contribution in [-0.4, -0.2) is 22.2 Å². The molecule has 1 saturated carbocycles. The van der Waals surface area contributed by atoms with Crippen molar-refractivity contribution in [2.45, 2.75) is 43.1 Å².